The van der Waals surface area contributed by atoms with Crippen molar-refractivity contribution in [2.24, 2.45) is 5.92 Å². The molecule has 1 aliphatic rings. The van der Waals surface area contributed by atoms with E-state index in [9.17, 15) is 4.79 Å². The van der Waals surface area contributed by atoms with Gasteiger partial charge in [0.25, 0.3) is 0 Å². The third-order valence-corrected chi connectivity index (χ3v) is 3.78. The topological polar surface area (TPSA) is 39.2 Å². The zero-order valence-corrected chi connectivity index (χ0v) is 10.4. The SMILES string of the molecule is Cc1nc(C(=O)OCC2CCCCC2)cs1. The molecule has 0 amide bonds. The predicted octanol–water partition coefficient (Wildman–Crippen LogP) is 3.19. The molecule has 4 heteroatoms. The Hall–Kier alpha value is -0.900. The molecule has 1 aromatic rings. The highest BCUT2D eigenvalue weighted by Gasteiger charge is 2.17. The highest BCUT2D eigenvalue weighted by atomic mass is 32.1. The highest BCUT2D eigenvalue weighted by molar-refractivity contribution is 7.09. The monoisotopic (exact) mass is 239 g/mol. The second-order valence-electron chi connectivity index (χ2n) is 4.35. The molecule has 0 saturated heterocycles. The van der Waals surface area contributed by atoms with E-state index in [1.165, 1.54) is 43.4 Å². The van der Waals surface area contributed by atoms with Crippen LogP contribution in [0.2, 0.25) is 0 Å². The molecule has 16 heavy (non-hydrogen) atoms. The quantitative estimate of drug-likeness (QED) is 0.760. The largest absolute Gasteiger partial charge is 0.461 e. The fourth-order valence-electron chi connectivity index (χ4n) is 2.08. The molecule has 1 aromatic heterocycles. The van der Waals surface area contributed by atoms with Crippen LogP contribution in [0.3, 0.4) is 0 Å². The second-order valence-corrected chi connectivity index (χ2v) is 5.42. The Kier molecular flexibility index (Phi) is 3.93. The molecule has 0 aliphatic heterocycles. The summed E-state index contributed by atoms with van der Waals surface area (Å²) < 4.78 is 5.29. The van der Waals surface area contributed by atoms with E-state index in [-0.39, 0.29) is 5.97 Å². The maximum Gasteiger partial charge on any atom is 0.357 e. The number of rotatable bonds is 3. The van der Waals surface area contributed by atoms with Gasteiger partial charge < -0.3 is 4.74 Å². The summed E-state index contributed by atoms with van der Waals surface area (Å²) in [7, 11) is 0. The Morgan fingerprint density at radius 2 is 2.25 bits per heavy atom. The fourth-order valence-corrected chi connectivity index (χ4v) is 2.66. The van der Waals surface area contributed by atoms with Gasteiger partial charge >= 0.3 is 5.97 Å². The van der Waals surface area contributed by atoms with E-state index in [1.807, 2.05) is 6.92 Å². The molecule has 0 radical (unpaired) electrons. The number of hydrogen-bond donors (Lipinski definition) is 0. The summed E-state index contributed by atoms with van der Waals surface area (Å²) in [5, 5.41) is 2.67. The van der Waals surface area contributed by atoms with Gasteiger partial charge in [0.05, 0.1) is 11.6 Å². The smallest absolute Gasteiger partial charge is 0.357 e. The zero-order valence-electron chi connectivity index (χ0n) is 9.57. The lowest BCUT2D eigenvalue weighted by atomic mass is 9.90. The summed E-state index contributed by atoms with van der Waals surface area (Å²) in [5.41, 5.74) is 0.457. The van der Waals surface area contributed by atoms with Crippen molar-refractivity contribution in [3.05, 3.63) is 16.1 Å². The molecular weight excluding hydrogens is 222 g/mol. The zero-order chi connectivity index (χ0) is 11.4. The van der Waals surface area contributed by atoms with Gasteiger partial charge in [0.2, 0.25) is 0 Å². The molecule has 1 fully saturated rings. The molecule has 1 saturated carbocycles. The Morgan fingerprint density at radius 1 is 1.50 bits per heavy atom. The van der Waals surface area contributed by atoms with Crippen LogP contribution >= 0.6 is 11.3 Å². The van der Waals surface area contributed by atoms with Gasteiger partial charge in [0, 0.05) is 5.38 Å². The third-order valence-electron chi connectivity index (χ3n) is 3.00. The number of esters is 1. The number of ether oxygens (including phenoxy) is 1. The normalized spacial score (nSPS) is 17.3. The fraction of sp³-hybridized carbons (Fsp3) is 0.667. The van der Waals surface area contributed by atoms with Crippen LogP contribution in [0.4, 0.5) is 0 Å². The molecule has 1 aliphatic carbocycles. The van der Waals surface area contributed by atoms with E-state index in [0.29, 0.717) is 18.2 Å². The van der Waals surface area contributed by atoms with E-state index < -0.39 is 0 Å². The van der Waals surface area contributed by atoms with Gasteiger partial charge in [-0.15, -0.1) is 11.3 Å². The van der Waals surface area contributed by atoms with Gasteiger partial charge in [-0.2, -0.15) is 0 Å². The molecule has 88 valence electrons. The van der Waals surface area contributed by atoms with Gasteiger partial charge in [-0.05, 0) is 25.7 Å². The van der Waals surface area contributed by atoms with Crippen molar-refractivity contribution in [2.45, 2.75) is 39.0 Å². The first-order chi connectivity index (χ1) is 7.75. The summed E-state index contributed by atoms with van der Waals surface area (Å²) in [4.78, 5) is 15.7. The van der Waals surface area contributed by atoms with Crippen LogP contribution in [-0.2, 0) is 4.74 Å². The van der Waals surface area contributed by atoms with Gasteiger partial charge in [-0.25, -0.2) is 9.78 Å². The van der Waals surface area contributed by atoms with Crippen molar-refractivity contribution < 1.29 is 9.53 Å². The van der Waals surface area contributed by atoms with Crippen molar-refractivity contribution in [3.8, 4) is 0 Å². The predicted molar refractivity (Wildman–Crippen MR) is 63.7 cm³/mol. The van der Waals surface area contributed by atoms with Crippen molar-refractivity contribution in [1.82, 2.24) is 4.98 Å². The van der Waals surface area contributed by atoms with E-state index >= 15 is 0 Å². The van der Waals surface area contributed by atoms with Crippen molar-refractivity contribution in [1.29, 1.82) is 0 Å². The molecule has 0 atom stereocenters. The van der Waals surface area contributed by atoms with E-state index in [2.05, 4.69) is 4.98 Å². The minimum atomic E-state index is -0.269. The number of aryl methyl sites for hydroxylation is 1. The van der Waals surface area contributed by atoms with Crippen LogP contribution in [0.5, 0.6) is 0 Å². The summed E-state index contributed by atoms with van der Waals surface area (Å²) in [6.45, 7) is 2.46. The van der Waals surface area contributed by atoms with Gasteiger partial charge in [0.15, 0.2) is 5.69 Å². The Labute approximate surface area is 99.8 Å². The van der Waals surface area contributed by atoms with Crippen LogP contribution in [0.1, 0.15) is 47.6 Å². The van der Waals surface area contributed by atoms with Crippen molar-refractivity contribution >= 4 is 17.3 Å². The molecule has 0 bridgehead atoms. The maximum absolute atomic E-state index is 11.6. The number of carbonyl (C=O) groups is 1. The van der Waals surface area contributed by atoms with Crippen LogP contribution < -0.4 is 0 Å². The first-order valence-electron chi connectivity index (χ1n) is 5.85. The van der Waals surface area contributed by atoms with Gasteiger partial charge in [-0.3, -0.25) is 0 Å². The highest BCUT2D eigenvalue weighted by Crippen LogP contribution is 2.24. The van der Waals surface area contributed by atoms with Crippen LogP contribution in [0, 0.1) is 12.8 Å². The third kappa shape index (κ3) is 3.04. The lowest BCUT2D eigenvalue weighted by Gasteiger charge is -2.20. The van der Waals surface area contributed by atoms with Gasteiger partial charge in [-0.1, -0.05) is 19.3 Å². The van der Waals surface area contributed by atoms with E-state index in [4.69, 9.17) is 4.74 Å². The number of nitrogens with zero attached hydrogens (tertiary/aromatic N) is 1. The minimum Gasteiger partial charge on any atom is -0.461 e. The Morgan fingerprint density at radius 3 is 2.88 bits per heavy atom. The first kappa shape index (κ1) is 11.6. The summed E-state index contributed by atoms with van der Waals surface area (Å²) in [6.07, 6.45) is 6.28. The molecule has 0 unspecified atom stereocenters. The minimum absolute atomic E-state index is 0.269. The lowest BCUT2D eigenvalue weighted by Crippen LogP contribution is -2.17. The average molecular weight is 239 g/mol. The van der Waals surface area contributed by atoms with Crippen molar-refractivity contribution in [3.63, 3.8) is 0 Å². The Balaban J connectivity index is 1.79. The molecule has 0 aromatic carbocycles. The number of aromatic nitrogens is 1. The number of hydrogen-bond acceptors (Lipinski definition) is 4. The van der Waals surface area contributed by atoms with E-state index in [0.717, 1.165) is 5.01 Å². The summed E-state index contributed by atoms with van der Waals surface area (Å²) >= 11 is 1.48. The molecular formula is C12H17NO2S. The van der Waals surface area contributed by atoms with Gasteiger partial charge in [0.1, 0.15) is 0 Å². The Bertz CT molecular complexity index is 356. The second kappa shape index (κ2) is 5.43. The van der Waals surface area contributed by atoms with Crippen LogP contribution in [-0.4, -0.2) is 17.6 Å². The molecule has 3 nitrogen and oxygen atoms in total. The maximum atomic E-state index is 11.6. The number of thiazole rings is 1. The van der Waals surface area contributed by atoms with E-state index in [1.54, 1.807) is 5.38 Å². The van der Waals surface area contributed by atoms with Crippen LogP contribution in [0.25, 0.3) is 0 Å². The molecule has 0 spiro atoms. The van der Waals surface area contributed by atoms with Crippen LogP contribution in [0.15, 0.2) is 5.38 Å². The summed E-state index contributed by atoms with van der Waals surface area (Å²) in [5.74, 6) is 0.298. The molecule has 2 rings (SSSR count). The molecule has 1 heterocycles. The first-order valence-corrected chi connectivity index (χ1v) is 6.73. The standard InChI is InChI=1S/C12H17NO2S/c1-9-13-11(8-16-9)12(14)15-7-10-5-3-2-4-6-10/h8,10H,2-7H2,1H3. The average Bonchev–Trinajstić information content (AvgIpc) is 2.74. The lowest BCUT2D eigenvalue weighted by molar-refractivity contribution is 0.0404. The van der Waals surface area contributed by atoms with Crippen molar-refractivity contribution in [2.75, 3.05) is 6.61 Å². The summed E-state index contributed by atoms with van der Waals surface area (Å²) in [6, 6.07) is 0. The number of carbonyl (C=O) groups excluding carboxylic acids is 1. The molecule has 0 N–H and O–H groups in total.